The molecule has 0 radical (unpaired) electrons. The van der Waals surface area contributed by atoms with E-state index in [1.807, 2.05) is 0 Å². The van der Waals surface area contributed by atoms with Crippen molar-refractivity contribution in [2.45, 2.75) is 0 Å². The number of aliphatic hydroxyl groups is 1. The van der Waals surface area contributed by atoms with Crippen molar-refractivity contribution < 1.29 is 14.6 Å². The maximum atomic E-state index is 12.0. The second-order valence-electron chi connectivity index (χ2n) is 4.24. The van der Waals surface area contributed by atoms with Crippen molar-refractivity contribution in [1.29, 1.82) is 0 Å². The predicted octanol–water partition coefficient (Wildman–Crippen LogP) is 3.06. The molecule has 4 nitrogen and oxygen atoms in total. The highest BCUT2D eigenvalue weighted by Gasteiger charge is 2.06. The number of ketones is 1. The molecule has 0 unspecified atom stereocenters. The maximum Gasteiger partial charge on any atom is 0.189 e. The molecule has 2 rings (SSSR count). The van der Waals surface area contributed by atoms with Gasteiger partial charge in [-0.2, -0.15) is 0 Å². The Labute approximate surface area is 117 Å². The highest BCUT2D eigenvalue weighted by Crippen LogP contribution is 2.17. The zero-order valence-electron chi connectivity index (χ0n) is 11.0. The summed E-state index contributed by atoms with van der Waals surface area (Å²) in [6.45, 7) is 0. The molecular formula is C16H15NO3. The van der Waals surface area contributed by atoms with Crippen LogP contribution in [0.5, 0.6) is 5.75 Å². The summed E-state index contributed by atoms with van der Waals surface area (Å²) in [5, 5.41) is 9.95. The molecule has 0 saturated heterocycles. The summed E-state index contributed by atoms with van der Waals surface area (Å²) in [5.74, 6) is 0.319. The average molecular weight is 269 g/mol. The summed E-state index contributed by atoms with van der Waals surface area (Å²) in [5.41, 5.74) is 7.17. The molecule has 102 valence electrons. The van der Waals surface area contributed by atoms with Gasteiger partial charge in [-0.3, -0.25) is 4.79 Å². The van der Waals surface area contributed by atoms with Crippen LogP contribution in [0.4, 0.5) is 5.69 Å². The van der Waals surface area contributed by atoms with Crippen molar-refractivity contribution in [2.75, 3.05) is 12.8 Å². The molecule has 20 heavy (non-hydrogen) atoms. The van der Waals surface area contributed by atoms with E-state index < -0.39 is 0 Å². The minimum atomic E-state index is -0.279. The van der Waals surface area contributed by atoms with Crippen LogP contribution in [0.1, 0.15) is 15.9 Å². The number of allylic oxidation sites excluding steroid dienone is 1. The van der Waals surface area contributed by atoms with E-state index in [1.54, 1.807) is 55.6 Å². The summed E-state index contributed by atoms with van der Waals surface area (Å²) in [4.78, 5) is 12.0. The van der Waals surface area contributed by atoms with Gasteiger partial charge in [-0.1, -0.05) is 0 Å². The van der Waals surface area contributed by atoms with Gasteiger partial charge in [0.15, 0.2) is 5.78 Å². The number of nitrogens with two attached hydrogens (primary N) is 1. The number of benzene rings is 2. The third-order valence-electron chi connectivity index (χ3n) is 2.85. The number of rotatable bonds is 4. The molecule has 0 heterocycles. The lowest BCUT2D eigenvalue weighted by atomic mass is 10.1. The number of aliphatic hydroxyl groups excluding tert-OH is 1. The minimum Gasteiger partial charge on any atom is -0.507 e. The zero-order valence-corrected chi connectivity index (χ0v) is 11.0. The van der Waals surface area contributed by atoms with Crippen LogP contribution >= 0.6 is 0 Å². The Hall–Kier alpha value is -2.75. The van der Waals surface area contributed by atoms with Gasteiger partial charge in [0, 0.05) is 22.9 Å². The van der Waals surface area contributed by atoms with E-state index in [-0.39, 0.29) is 11.5 Å². The van der Waals surface area contributed by atoms with Crippen molar-refractivity contribution in [3.63, 3.8) is 0 Å². The van der Waals surface area contributed by atoms with Crippen molar-refractivity contribution in [3.05, 3.63) is 65.7 Å². The minimum absolute atomic E-state index is 0.0884. The molecule has 0 aliphatic rings. The Bertz CT molecular complexity index is 628. The van der Waals surface area contributed by atoms with Gasteiger partial charge in [-0.15, -0.1) is 0 Å². The van der Waals surface area contributed by atoms with E-state index in [0.717, 1.165) is 0 Å². The third kappa shape index (κ3) is 3.17. The molecule has 0 aliphatic carbocycles. The van der Waals surface area contributed by atoms with Crippen LogP contribution < -0.4 is 10.5 Å². The lowest BCUT2D eigenvalue weighted by Gasteiger charge is -2.03. The van der Waals surface area contributed by atoms with Crippen molar-refractivity contribution in [1.82, 2.24) is 0 Å². The van der Waals surface area contributed by atoms with E-state index in [1.165, 1.54) is 6.08 Å². The average Bonchev–Trinajstić information content (AvgIpc) is 2.48. The van der Waals surface area contributed by atoms with E-state index in [2.05, 4.69) is 0 Å². The fourth-order valence-electron chi connectivity index (χ4n) is 1.70. The van der Waals surface area contributed by atoms with Crippen LogP contribution in [-0.4, -0.2) is 18.0 Å². The SMILES string of the molecule is COc1ccc(/C(O)=C\C(=O)c2ccc(N)cc2)cc1. The summed E-state index contributed by atoms with van der Waals surface area (Å²) >= 11 is 0. The first-order valence-electron chi connectivity index (χ1n) is 6.05. The maximum absolute atomic E-state index is 12.0. The molecule has 0 fully saturated rings. The van der Waals surface area contributed by atoms with Gasteiger partial charge < -0.3 is 15.6 Å². The fourth-order valence-corrected chi connectivity index (χ4v) is 1.70. The smallest absolute Gasteiger partial charge is 0.189 e. The van der Waals surface area contributed by atoms with Crippen LogP contribution in [0.25, 0.3) is 5.76 Å². The Balaban J connectivity index is 2.20. The summed E-state index contributed by atoms with van der Waals surface area (Å²) in [6, 6.07) is 13.3. The number of ether oxygens (including phenoxy) is 1. The normalized spacial score (nSPS) is 11.2. The Morgan fingerprint density at radius 1 is 1.05 bits per heavy atom. The lowest BCUT2D eigenvalue weighted by Crippen LogP contribution is -1.97. The van der Waals surface area contributed by atoms with Crippen molar-refractivity contribution >= 4 is 17.2 Å². The first kappa shape index (κ1) is 13.7. The molecule has 0 aromatic heterocycles. The van der Waals surface area contributed by atoms with Crippen LogP contribution in [0.2, 0.25) is 0 Å². The Morgan fingerprint density at radius 2 is 1.60 bits per heavy atom. The molecule has 4 heteroatoms. The first-order valence-corrected chi connectivity index (χ1v) is 6.05. The van der Waals surface area contributed by atoms with Crippen molar-refractivity contribution in [3.8, 4) is 5.75 Å². The van der Waals surface area contributed by atoms with E-state index >= 15 is 0 Å². The molecule has 0 atom stereocenters. The van der Waals surface area contributed by atoms with Crippen LogP contribution in [-0.2, 0) is 0 Å². The number of hydrogen-bond acceptors (Lipinski definition) is 4. The summed E-state index contributed by atoms with van der Waals surface area (Å²) < 4.78 is 5.03. The van der Waals surface area contributed by atoms with Gasteiger partial charge in [-0.05, 0) is 48.5 Å². The molecular weight excluding hydrogens is 254 g/mol. The zero-order chi connectivity index (χ0) is 14.5. The van der Waals surface area contributed by atoms with E-state index in [4.69, 9.17) is 10.5 Å². The van der Waals surface area contributed by atoms with Crippen LogP contribution in [0.15, 0.2) is 54.6 Å². The van der Waals surface area contributed by atoms with Gasteiger partial charge in [0.1, 0.15) is 11.5 Å². The van der Waals surface area contributed by atoms with Gasteiger partial charge in [0.05, 0.1) is 7.11 Å². The van der Waals surface area contributed by atoms with Crippen molar-refractivity contribution in [2.24, 2.45) is 0 Å². The van der Waals surface area contributed by atoms with Gasteiger partial charge in [0.2, 0.25) is 0 Å². The highest BCUT2D eigenvalue weighted by atomic mass is 16.5. The summed E-state index contributed by atoms with van der Waals surface area (Å²) in [7, 11) is 1.56. The Morgan fingerprint density at radius 3 is 2.15 bits per heavy atom. The standard InChI is InChI=1S/C16H15NO3/c1-20-14-8-4-12(5-9-14)16(19)10-15(18)11-2-6-13(17)7-3-11/h2-10,19H,17H2,1H3/b16-10+. The largest absolute Gasteiger partial charge is 0.507 e. The number of nitrogen functional groups attached to an aromatic ring is 1. The number of anilines is 1. The predicted molar refractivity (Wildman–Crippen MR) is 78.8 cm³/mol. The number of methoxy groups -OCH3 is 1. The highest BCUT2D eigenvalue weighted by molar-refractivity contribution is 6.07. The van der Waals surface area contributed by atoms with E-state index in [9.17, 15) is 9.90 Å². The monoisotopic (exact) mass is 269 g/mol. The Kier molecular flexibility index (Phi) is 4.05. The molecule has 0 saturated carbocycles. The fraction of sp³-hybridized carbons (Fsp3) is 0.0625. The first-order chi connectivity index (χ1) is 9.60. The number of hydrogen-bond donors (Lipinski definition) is 2. The quantitative estimate of drug-likeness (QED) is 0.387. The molecule has 2 aromatic carbocycles. The second kappa shape index (κ2) is 5.93. The molecule has 0 aliphatic heterocycles. The molecule has 0 amide bonds. The second-order valence-corrected chi connectivity index (χ2v) is 4.24. The van der Waals surface area contributed by atoms with Gasteiger partial charge in [0.25, 0.3) is 0 Å². The topological polar surface area (TPSA) is 72.5 Å². The summed E-state index contributed by atoms with van der Waals surface area (Å²) in [6.07, 6.45) is 1.19. The van der Waals surface area contributed by atoms with Gasteiger partial charge >= 0.3 is 0 Å². The van der Waals surface area contributed by atoms with Crippen LogP contribution in [0, 0.1) is 0 Å². The lowest BCUT2D eigenvalue weighted by molar-refractivity contribution is 0.104. The number of carbonyl (C=O) groups excluding carboxylic acids is 1. The van der Waals surface area contributed by atoms with Crippen LogP contribution in [0.3, 0.4) is 0 Å². The molecule has 3 N–H and O–H groups in total. The van der Waals surface area contributed by atoms with E-state index in [0.29, 0.717) is 22.6 Å². The molecule has 2 aromatic rings. The molecule has 0 bridgehead atoms. The van der Waals surface area contributed by atoms with Gasteiger partial charge in [-0.25, -0.2) is 0 Å². The third-order valence-corrected chi connectivity index (χ3v) is 2.85. The number of carbonyl (C=O) groups is 1. The molecule has 0 spiro atoms.